The monoisotopic (exact) mass is 408 g/mol. The number of nitrogens with one attached hydrogen (secondary N) is 1. The molecular formula is C26H36N2O2. The van der Waals surface area contributed by atoms with Crippen LogP contribution in [0.3, 0.4) is 0 Å². The van der Waals surface area contributed by atoms with Crippen LogP contribution in [0.4, 0.5) is 5.69 Å². The molecule has 1 heterocycles. The lowest BCUT2D eigenvalue weighted by Gasteiger charge is -2.21. The van der Waals surface area contributed by atoms with Gasteiger partial charge in [-0.05, 0) is 48.7 Å². The molecule has 1 aromatic carbocycles. The van der Waals surface area contributed by atoms with Crippen molar-refractivity contribution in [2.24, 2.45) is 5.92 Å². The topological polar surface area (TPSA) is 51.2 Å². The van der Waals surface area contributed by atoms with E-state index in [4.69, 9.17) is 4.74 Å². The molecule has 1 saturated carbocycles. The zero-order valence-electron chi connectivity index (χ0n) is 18.2. The van der Waals surface area contributed by atoms with E-state index in [2.05, 4.69) is 10.3 Å². The van der Waals surface area contributed by atoms with Crippen molar-refractivity contribution in [3.8, 4) is 5.75 Å². The first kappa shape index (κ1) is 22.3. The quantitative estimate of drug-likeness (QED) is 0.303. The summed E-state index contributed by atoms with van der Waals surface area (Å²) < 4.78 is 5.31. The molecule has 0 unspecified atom stereocenters. The van der Waals surface area contributed by atoms with E-state index in [1.165, 1.54) is 83.2 Å². The number of ether oxygens (including phenoxy) is 1. The summed E-state index contributed by atoms with van der Waals surface area (Å²) >= 11 is 0. The van der Waals surface area contributed by atoms with Crippen molar-refractivity contribution >= 4 is 11.7 Å². The van der Waals surface area contributed by atoms with Crippen LogP contribution in [0.5, 0.6) is 5.75 Å². The van der Waals surface area contributed by atoms with E-state index in [9.17, 15) is 4.79 Å². The number of hydrogen-bond donors (Lipinski definition) is 1. The Bertz CT molecular complexity index is 724. The molecule has 1 aromatic heterocycles. The molecule has 3 rings (SSSR count). The van der Waals surface area contributed by atoms with Gasteiger partial charge in [0.2, 0.25) is 0 Å². The summed E-state index contributed by atoms with van der Waals surface area (Å²) in [6, 6.07) is 10.9. The van der Waals surface area contributed by atoms with Crippen LogP contribution in [-0.2, 0) is 0 Å². The normalized spacial score (nSPS) is 14.4. The predicted molar refractivity (Wildman–Crippen MR) is 123 cm³/mol. The maximum Gasteiger partial charge on any atom is 0.343 e. The molecule has 0 radical (unpaired) electrons. The fourth-order valence-corrected chi connectivity index (χ4v) is 4.27. The van der Waals surface area contributed by atoms with Crippen LogP contribution in [0.1, 0.15) is 87.4 Å². The number of pyridine rings is 1. The number of anilines is 1. The van der Waals surface area contributed by atoms with Gasteiger partial charge in [0.25, 0.3) is 0 Å². The SMILES string of the molecule is O=C(Oc1cccnc1)c1ccc(NCCCCCCCCC2CCCCC2)cc1. The van der Waals surface area contributed by atoms with Gasteiger partial charge in [0.1, 0.15) is 5.75 Å². The Morgan fingerprint density at radius 2 is 1.67 bits per heavy atom. The Morgan fingerprint density at radius 1 is 0.933 bits per heavy atom. The Labute approximate surface area is 181 Å². The summed E-state index contributed by atoms with van der Waals surface area (Å²) in [6.45, 7) is 0.974. The standard InChI is InChI=1S/C26H36N2O2/c29-26(30-25-14-10-19-27-21-25)23-15-17-24(18-16-23)28-20-9-4-2-1-3-6-11-22-12-7-5-8-13-22/h10,14-19,21-22,28H,1-9,11-13,20H2. The first-order valence-electron chi connectivity index (χ1n) is 11.8. The lowest BCUT2D eigenvalue weighted by molar-refractivity contribution is 0.0734. The molecule has 0 bridgehead atoms. The molecule has 1 N–H and O–H groups in total. The minimum atomic E-state index is -0.363. The highest BCUT2D eigenvalue weighted by Gasteiger charge is 2.12. The predicted octanol–water partition coefficient (Wildman–Crippen LogP) is 7.02. The summed E-state index contributed by atoms with van der Waals surface area (Å²) in [6.07, 6.45) is 20.0. The zero-order chi connectivity index (χ0) is 20.9. The molecule has 2 aromatic rings. The molecule has 0 aliphatic heterocycles. The lowest BCUT2D eigenvalue weighted by Crippen LogP contribution is -2.09. The van der Waals surface area contributed by atoms with Crippen LogP contribution in [0.15, 0.2) is 48.8 Å². The van der Waals surface area contributed by atoms with Crippen molar-refractivity contribution in [1.82, 2.24) is 4.98 Å². The van der Waals surface area contributed by atoms with Crippen molar-refractivity contribution in [1.29, 1.82) is 0 Å². The van der Waals surface area contributed by atoms with Crippen LogP contribution in [-0.4, -0.2) is 17.5 Å². The zero-order valence-corrected chi connectivity index (χ0v) is 18.2. The highest BCUT2D eigenvalue weighted by atomic mass is 16.5. The third kappa shape index (κ3) is 8.17. The second kappa shape index (κ2) is 13.0. The van der Waals surface area contributed by atoms with Gasteiger partial charge in [-0.3, -0.25) is 4.98 Å². The van der Waals surface area contributed by atoms with E-state index in [0.29, 0.717) is 11.3 Å². The van der Waals surface area contributed by atoms with E-state index in [1.807, 2.05) is 12.1 Å². The third-order valence-corrected chi connectivity index (χ3v) is 6.06. The summed E-state index contributed by atoms with van der Waals surface area (Å²) in [7, 11) is 0. The van der Waals surface area contributed by atoms with E-state index in [1.54, 1.807) is 30.5 Å². The minimum absolute atomic E-state index is 0.363. The van der Waals surface area contributed by atoms with Gasteiger partial charge in [-0.1, -0.05) is 70.6 Å². The fourth-order valence-electron chi connectivity index (χ4n) is 4.27. The van der Waals surface area contributed by atoms with Crippen LogP contribution >= 0.6 is 0 Å². The fraction of sp³-hybridized carbons (Fsp3) is 0.538. The van der Waals surface area contributed by atoms with Crippen molar-refractivity contribution in [3.05, 3.63) is 54.4 Å². The average Bonchev–Trinajstić information content (AvgIpc) is 2.80. The molecule has 0 atom stereocenters. The molecular weight excluding hydrogens is 372 g/mol. The van der Waals surface area contributed by atoms with Crippen molar-refractivity contribution in [2.75, 3.05) is 11.9 Å². The maximum atomic E-state index is 12.2. The molecule has 0 spiro atoms. The smallest absolute Gasteiger partial charge is 0.343 e. The van der Waals surface area contributed by atoms with Gasteiger partial charge in [-0.2, -0.15) is 0 Å². The minimum Gasteiger partial charge on any atom is -0.421 e. The molecule has 0 saturated heterocycles. The Kier molecular flexibility index (Phi) is 9.71. The molecule has 162 valence electrons. The number of unbranched alkanes of at least 4 members (excludes halogenated alkanes) is 5. The second-order valence-electron chi connectivity index (χ2n) is 8.50. The number of carbonyl (C=O) groups is 1. The first-order valence-corrected chi connectivity index (χ1v) is 11.8. The Hall–Kier alpha value is -2.36. The van der Waals surface area contributed by atoms with Crippen LogP contribution in [0.2, 0.25) is 0 Å². The average molecular weight is 409 g/mol. The third-order valence-electron chi connectivity index (χ3n) is 6.06. The lowest BCUT2D eigenvalue weighted by atomic mass is 9.85. The molecule has 30 heavy (non-hydrogen) atoms. The molecule has 4 heteroatoms. The number of aromatic nitrogens is 1. The van der Waals surface area contributed by atoms with E-state index < -0.39 is 0 Å². The molecule has 4 nitrogen and oxygen atoms in total. The number of benzene rings is 1. The van der Waals surface area contributed by atoms with Gasteiger partial charge >= 0.3 is 5.97 Å². The van der Waals surface area contributed by atoms with Gasteiger partial charge in [0, 0.05) is 18.4 Å². The molecule has 1 aliphatic carbocycles. The summed E-state index contributed by atoms with van der Waals surface area (Å²) in [4.78, 5) is 16.1. The van der Waals surface area contributed by atoms with Crippen molar-refractivity contribution < 1.29 is 9.53 Å². The second-order valence-corrected chi connectivity index (χ2v) is 8.50. The highest BCUT2D eigenvalue weighted by Crippen LogP contribution is 2.28. The number of nitrogens with zero attached hydrogens (tertiary/aromatic N) is 1. The Morgan fingerprint density at radius 3 is 2.40 bits per heavy atom. The number of rotatable bonds is 12. The van der Waals surface area contributed by atoms with Crippen molar-refractivity contribution in [2.45, 2.75) is 77.0 Å². The Balaban J connectivity index is 1.22. The maximum absolute atomic E-state index is 12.2. The van der Waals surface area contributed by atoms with E-state index >= 15 is 0 Å². The largest absolute Gasteiger partial charge is 0.421 e. The molecule has 1 aliphatic rings. The number of esters is 1. The van der Waals surface area contributed by atoms with Gasteiger partial charge in [0.05, 0.1) is 11.8 Å². The van der Waals surface area contributed by atoms with E-state index in [-0.39, 0.29) is 5.97 Å². The van der Waals surface area contributed by atoms with E-state index in [0.717, 1.165) is 18.2 Å². The molecule has 1 fully saturated rings. The van der Waals surface area contributed by atoms with Gasteiger partial charge < -0.3 is 10.1 Å². The highest BCUT2D eigenvalue weighted by molar-refractivity contribution is 5.91. The van der Waals surface area contributed by atoms with Gasteiger partial charge in [-0.15, -0.1) is 0 Å². The summed E-state index contributed by atoms with van der Waals surface area (Å²) in [5.41, 5.74) is 1.58. The summed E-state index contributed by atoms with van der Waals surface area (Å²) in [5, 5.41) is 3.44. The van der Waals surface area contributed by atoms with Gasteiger partial charge in [-0.25, -0.2) is 4.79 Å². The van der Waals surface area contributed by atoms with Gasteiger partial charge in [0.15, 0.2) is 0 Å². The summed E-state index contributed by atoms with van der Waals surface area (Å²) in [5.74, 6) is 1.13. The number of carbonyl (C=O) groups excluding carboxylic acids is 1. The van der Waals surface area contributed by atoms with Crippen LogP contribution in [0.25, 0.3) is 0 Å². The van der Waals surface area contributed by atoms with Crippen LogP contribution < -0.4 is 10.1 Å². The molecule has 0 amide bonds. The van der Waals surface area contributed by atoms with Crippen LogP contribution in [0, 0.1) is 5.92 Å². The van der Waals surface area contributed by atoms with Crippen molar-refractivity contribution in [3.63, 3.8) is 0 Å². The first-order chi connectivity index (χ1) is 14.8. The number of hydrogen-bond acceptors (Lipinski definition) is 4.